The smallest absolute Gasteiger partial charge is 0.322 e. The molecule has 0 radical (unpaired) electrons. The minimum Gasteiger partial charge on any atom is -0.493 e. The number of fused-ring (bicyclic) bond motifs is 2. The molecule has 2 aromatic heterocycles. The van der Waals surface area contributed by atoms with Crippen LogP contribution in [0.2, 0.25) is 0 Å². The summed E-state index contributed by atoms with van der Waals surface area (Å²) >= 11 is 0. The summed E-state index contributed by atoms with van der Waals surface area (Å²) in [6, 6.07) is 46.5. The van der Waals surface area contributed by atoms with E-state index in [0.29, 0.717) is 52.2 Å². The van der Waals surface area contributed by atoms with E-state index in [2.05, 4.69) is 47.9 Å². The number of carbonyl (C=O) groups excluding carboxylic acids is 1. The number of carbonyl (C=O) groups is 3. The second kappa shape index (κ2) is 23.3. The number of hydrogen-bond acceptors (Lipinski definition) is 10. The van der Waals surface area contributed by atoms with Crippen LogP contribution in [0.15, 0.2) is 146 Å². The van der Waals surface area contributed by atoms with Crippen LogP contribution in [-0.4, -0.2) is 118 Å². The van der Waals surface area contributed by atoms with E-state index in [0.717, 1.165) is 99.7 Å². The van der Waals surface area contributed by atoms with Gasteiger partial charge in [0.1, 0.15) is 11.8 Å². The first-order valence-corrected chi connectivity index (χ1v) is 24.0. The van der Waals surface area contributed by atoms with Crippen LogP contribution in [0.1, 0.15) is 41.8 Å². The number of likely N-dealkylation sites (tertiary alicyclic amines) is 1. The summed E-state index contributed by atoms with van der Waals surface area (Å²) in [4.78, 5) is 52.1. The zero-order chi connectivity index (χ0) is 48.9. The van der Waals surface area contributed by atoms with Crippen molar-refractivity contribution in [2.75, 3.05) is 69.6 Å². The fourth-order valence-corrected chi connectivity index (χ4v) is 9.48. The molecule has 2 saturated heterocycles. The third-order valence-corrected chi connectivity index (χ3v) is 13.2. The lowest BCUT2D eigenvalue weighted by molar-refractivity contribution is -0.147. The summed E-state index contributed by atoms with van der Waals surface area (Å²) in [6.07, 6.45) is 2.14. The van der Waals surface area contributed by atoms with Gasteiger partial charge in [-0.25, -0.2) is 4.79 Å². The SMILES string of the molecule is Cc1cc(NC(=O)NCCN2CCN(Cc3ccccc3)C(C(=O)O)C2)c2ccccc2n1.Cc1cc(Nc2cccc(OCCCN3CCC(C(=O)O)(c4ccccc4)CC3)c2)c2ccccc2n1. The summed E-state index contributed by atoms with van der Waals surface area (Å²) in [6.45, 7) is 10.4. The van der Waals surface area contributed by atoms with E-state index in [9.17, 15) is 24.6 Å². The predicted molar refractivity (Wildman–Crippen MR) is 276 cm³/mol. The zero-order valence-corrected chi connectivity index (χ0v) is 39.9. The molecule has 0 saturated carbocycles. The molecular weight excluding hydrogens is 881 g/mol. The zero-order valence-electron chi connectivity index (χ0n) is 39.9. The third kappa shape index (κ3) is 12.6. The number of aryl methyl sites for hydroxylation is 2. The molecule has 9 rings (SSSR count). The molecule has 0 aliphatic carbocycles. The monoisotopic (exact) mass is 942 g/mol. The van der Waals surface area contributed by atoms with Crippen LogP contribution in [0.4, 0.5) is 21.9 Å². The van der Waals surface area contributed by atoms with Crippen LogP contribution in [0, 0.1) is 13.8 Å². The second-order valence-electron chi connectivity index (χ2n) is 18.1. The lowest BCUT2D eigenvalue weighted by Gasteiger charge is -2.39. The standard InChI is InChI=1S/C31H33N3O3.C25H29N5O3/c1-23-21-29(27-13-5-6-14-28(27)32-23)33-25-11-7-12-26(22-25)37-20-8-17-34-18-15-31(16-19-34,30(35)36)24-9-3-2-4-10-24;1-18-15-22(20-9-5-6-10-21(20)27-18)28-25(33)26-11-12-29-13-14-30(23(17-29)24(31)32)16-19-7-3-2-4-8-19/h2-7,9-14,21-22H,8,15-20H2,1H3,(H,32,33)(H,35,36);2-10,15,23H,11-14,16-17H2,1H3,(H,31,32)(H2,26,27,28,33). The molecule has 14 heteroatoms. The number of piperazine rings is 1. The number of anilines is 3. The molecule has 2 fully saturated rings. The van der Waals surface area contributed by atoms with E-state index in [-0.39, 0.29) is 6.03 Å². The Labute approximate surface area is 409 Å². The average Bonchev–Trinajstić information content (AvgIpc) is 3.36. The van der Waals surface area contributed by atoms with Gasteiger partial charge in [0.25, 0.3) is 0 Å². The van der Waals surface area contributed by atoms with E-state index in [1.54, 1.807) is 0 Å². The highest BCUT2D eigenvalue weighted by Gasteiger charge is 2.43. The number of aromatic nitrogens is 2. The summed E-state index contributed by atoms with van der Waals surface area (Å²) < 4.78 is 6.06. The van der Waals surface area contributed by atoms with Crippen molar-refractivity contribution in [2.45, 2.75) is 51.1 Å². The molecule has 362 valence electrons. The molecule has 4 heterocycles. The van der Waals surface area contributed by atoms with E-state index in [1.165, 1.54) is 0 Å². The lowest BCUT2D eigenvalue weighted by Crippen LogP contribution is -2.56. The van der Waals surface area contributed by atoms with Crippen molar-refractivity contribution in [1.82, 2.24) is 30.0 Å². The van der Waals surface area contributed by atoms with Gasteiger partial charge in [-0.05, 0) is 93.7 Å². The molecule has 1 unspecified atom stereocenters. The summed E-state index contributed by atoms with van der Waals surface area (Å²) in [5.41, 5.74) is 7.56. The van der Waals surface area contributed by atoms with Gasteiger partial charge in [0.05, 0.1) is 28.7 Å². The Kier molecular flexibility index (Phi) is 16.3. The number of aliphatic carboxylic acids is 2. The molecule has 2 aliphatic heterocycles. The first-order valence-electron chi connectivity index (χ1n) is 24.0. The number of carboxylic acid groups (broad SMARTS) is 2. The number of hydrogen-bond donors (Lipinski definition) is 5. The van der Waals surface area contributed by atoms with Crippen molar-refractivity contribution >= 4 is 56.8 Å². The van der Waals surface area contributed by atoms with E-state index in [1.807, 2.05) is 152 Å². The highest BCUT2D eigenvalue weighted by Crippen LogP contribution is 2.36. The minimum absolute atomic E-state index is 0.289. The number of para-hydroxylation sites is 2. The molecule has 5 aromatic carbocycles. The Balaban J connectivity index is 0.000000190. The third-order valence-electron chi connectivity index (χ3n) is 13.2. The first-order chi connectivity index (χ1) is 34.0. The van der Waals surface area contributed by atoms with Crippen molar-refractivity contribution in [3.8, 4) is 5.75 Å². The Morgan fingerprint density at radius 2 is 1.31 bits per heavy atom. The quantitative estimate of drug-likeness (QED) is 0.0583. The Hall–Kier alpha value is -7.39. The average molecular weight is 943 g/mol. The molecule has 0 spiro atoms. The van der Waals surface area contributed by atoms with Gasteiger partial charge in [0.2, 0.25) is 0 Å². The van der Waals surface area contributed by atoms with Crippen LogP contribution in [0.25, 0.3) is 21.8 Å². The number of rotatable bonds is 16. The number of urea groups is 1. The number of piperidine rings is 1. The molecule has 2 amide bonds. The maximum absolute atomic E-state index is 12.5. The van der Waals surface area contributed by atoms with Crippen LogP contribution < -0.4 is 20.7 Å². The van der Waals surface area contributed by atoms with Gasteiger partial charge in [0, 0.05) is 85.4 Å². The summed E-state index contributed by atoms with van der Waals surface area (Å²) in [5, 5.41) is 31.0. The highest BCUT2D eigenvalue weighted by molar-refractivity contribution is 6.00. The maximum atomic E-state index is 12.5. The van der Waals surface area contributed by atoms with Gasteiger partial charge in [0.15, 0.2) is 0 Å². The molecule has 14 nitrogen and oxygen atoms in total. The van der Waals surface area contributed by atoms with Gasteiger partial charge >= 0.3 is 18.0 Å². The summed E-state index contributed by atoms with van der Waals surface area (Å²) in [7, 11) is 0. The predicted octanol–water partition coefficient (Wildman–Crippen LogP) is 9.11. The topological polar surface area (TPSA) is 172 Å². The molecule has 7 aromatic rings. The normalized spacial score (nSPS) is 16.2. The van der Waals surface area contributed by atoms with Crippen molar-refractivity contribution in [3.05, 3.63) is 168 Å². The van der Waals surface area contributed by atoms with E-state index < -0.39 is 23.4 Å². The number of carboxylic acids is 2. The number of amides is 2. The fourth-order valence-electron chi connectivity index (χ4n) is 9.48. The van der Waals surface area contributed by atoms with Gasteiger partial charge in [-0.3, -0.25) is 29.4 Å². The first kappa shape index (κ1) is 49.0. The Morgan fingerprint density at radius 1 is 0.686 bits per heavy atom. The number of pyridine rings is 2. The van der Waals surface area contributed by atoms with Crippen molar-refractivity contribution in [3.63, 3.8) is 0 Å². The van der Waals surface area contributed by atoms with Crippen molar-refractivity contribution < 1.29 is 29.3 Å². The largest absolute Gasteiger partial charge is 0.493 e. The molecule has 5 N–H and O–H groups in total. The van der Waals surface area contributed by atoms with Crippen LogP contribution in [0.5, 0.6) is 5.75 Å². The molecule has 1 atom stereocenters. The molecular formula is C56H62N8O6. The van der Waals surface area contributed by atoms with Gasteiger partial charge < -0.3 is 35.8 Å². The van der Waals surface area contributed by atoms with Gasteiger partial charge in [-0.1, -0.05) is 103 Å². The number of benzene rings is 5. The van der Waals surface area contributed by atoms with Crippen LogP contribution >= 0.6 is 0 Å². The molecule has 0 bridgehead atoms. The number of nitrogens with zero attached hydrogens (tertiary/aromatic N) is 5. The number of nitrogens with one attached hydrogen (secondary N) is 3. The lowest BCUT2D eigenvalue weighted by atomic mass is 9.73. The molecule has 2 aliphatic rings. The Bertz CT molecular complexity index is 2880. The van der Waals surface area contributed by atoms with Gasteiger partial charge in [-0.15, -0.1) is 0 Å². The van der Waals surface area contributed by atoms with Gasteiger partial charge in [-0.2, -0.15) is 0 Å². The highest BCUT2D eigenvalue weighted by atomic mass is 16.5. The maximum Gasteiger partial charge on any atom is 0.322 e. The fraction of sp³-hybridized carbons (Fsp3) is 0.304. The molecule has 70 heavy (non-hydrogen) atoms. The van der Waals surface area contributed by atoms with Crippen LogP contribution in [0.3, 0.4) is 0 Å². The summed E-state index contributed by atoms with van der Waals surface area (Å²) in [5.74, 6) is -0.709. The van der Waals surface area contributed by atoms with Crippen LogP contribution in [-0.2, 0) is 21.5 Å². The number of ether oxygens (including phenoxy) is 1. The van der Waals surface area contributed by atoms with Crippen molar-refractivity contribution in [1.29, 1.82) is 0 Å². The minimum atomic E-state index is -0.818. The van der Waals surface area contributed by atoms with E-state index >= 15 is 0 Å². The van der Waals surface area contributed by atoms with E-state index in [4.69, 9.17) is 4.74 Å². The Morgan fingerprint density at radius 3 is 1.99 bits per heavy atom. The second-order valence-corrected chi connectivity index (χ2v) is 18.1. The van der Waals surface area contributed by atoms with Crippen molar-refractivity contribution in [2.24, 2.45) is 0 Å².